The summed E-state index contributed by atoms with van der Waals surface area (Å²) in [6.07, 6.45) is 0.638. The fourth-order valence-corrected chi connectivity index (χ4v) is 2.34. The van der Waals surface area contributed by atoms with Gasteiger partial charge in [-0.2, -0.15) is 0 Å². The van der Waals surface area contributed by atoms with Gasteiger partial charge in [-0.15, -0.1) is 0 Å². The SMILES string of the molecule is CC(O)C1CCN(CC(=O)c2ccc(O)cc2)C1. The Hall–Kier alpha value is -1.39. The predicted octanol–water partition coefficient (Wildman–Crippen LogP) is 1.28. The third-order valence-electron chi connectivity index (χ3n) is 3.55. The molecule has 4 nitrogen and oxygen atoms in total. The first-order valence-corrected chi connectivity index (χ1v) is 6.29. The lowest BCUT2D eigenvalue weighted by Gasteiger charge is -2.16. The number of rotatable bonds is 4. The first kappa shape index (κ1) is 13.1. The molecular weight excluding hydrogens is 230 g/mol. The molecule has 1 aliphatic rings. The summed E-state index contributed by atoms with van der Waals surface area (Å²) in [4.78, 5) is 14.1. The lowest BCUT2D eigenvalue weighted by molar-refractivity contribution is 0.0925. The first-order chi connectivity index (χ1) is 8.56. The van der Waals surface area contributed by atoms with Gasteiger partial charge in [0.2, 0.25) is 0 Å². The molecule has 0 saturated carbocycles. The Balaban J connectivity index is 1.91. The van der Waals surface area contributed by atoms with E-state index in [0.717, 1.165) is 19.5 Å². The Morgan fingerprint density at radius 2 is 2.11 bits per heavy atom. The van der Waals surface area contributed by atoms with Crippen LogP contribution in [0.4, 0.5) is 0 Å². The quantitative estimate of drug-likeness (QED) is 0.789. The monoisotopic (exact) mass is 249 g/mol. The van der Waals surface area contributed by atoms with E-state index < -0.39 is 0 Å². The first-order valence-electron chi connectivity index (χ1n) is 6.29. The standard InChI is InChI=1S/C14H19NO3/c1-10(16)12-6-7-15(8-12)9-14(18)11-2-4-13(17)5-3-11/h2-5,10,12,16-17H,6-9H2,1H3. The van der Waals surface area contributed by atoms with Crippen molar-refractivity contribution in [3.05, 3.63) is 29.8 Å². The molecule has 0 aromatic heterocycles. The van der Waals surface area contributed by atoms with Crippen molar-refractivity contribution >= 4 is 5.78 Å². The van der Waals surface area contributed by atoms with E-state index in [2.05, 4.69) is 4.90 Å². The van der Waals surface area contributed by atoms with Gasteiger partial charge in [-0.1, -0.05) is 0 Å². The van der Waals surface area contributed by atoms with Crippen molar-refractivity contribution < 1.29 is 15.0 Å². The fourth-order valence-electron chi connectivity index (χ4n) is 2.34. The molecule has 1 heterocycles. The summed E-state index contributed by atoms with van der Waals surface area (Å²) in [5.74, 6) is 0.501. The minimum Gasteiger partial charge on any atom is -0.508 e. The highest BCUT2D eigenvalue weighted by atomic mass is 16.3. The maximum absolute atomic E-state index is 12.0. The number of carbonyl (C=O) groups excluding carboxylic acids is 1. The molecule has 1 aliphatic heterocycles. The zero-order valence-corrected chi connectivity index (χ0v) is 10.5. The van der Waals surface area contributed by atoms with Crippen molar-refractivity contribution in [3.63, 3.8) is 0 Å². The number of ketones is 1. The van der Waals surface area contributed by atoms with E-state index in [9.17, 15) is 9.90 Å². The predicted molar refractivity (Wildman–Crippen MR) is 68.7 cm³/mol. The molecular formula is C14H19NO3. The second-order valence-corrected chi connectivity index (χ2v) is 4.99. The fraction of sp³-hybridized carbons (Fsp3) is 0.500. The van der Waals surface area contributed by atoms with Gasteiger partial charge in [-0.05, 0) is 50.1 Å². The molecule has 0 amide bonds. The maximum atomic E-state index is 12.0. The average molecular weight is 249 g/mol. The van der Waals surface area contributed by atoms with E-state index in [4.69, 9.17) is 5.11 Å². The summed E-state index contributed by atoms with van der Waals surface area (Å²) in [5.41, 5.74) is 0.619. The molecule has 2 atom stereocenters. The van der Waals surface area contributed by atoms with Gasteiger partial charge in [0.25, 0.3) is 0 Å². The summed E-state index contributed by atoms with van der Waals surface area (Å²) in [7, 11) is 0. The number of hydrogen-bond acceptors (Lipinski definition) is 4. The van der Waals surface area contributed by atoms with Crippen molar-refractivity contribution in [2.45, 2.75) is 19.4 Å². The summed E-state index contributed by atoms with van der Waals surface area (Å²) in [6, 6.07) is 6.32. The second-order valence-electron chi connectivity index (χ2n) is 4.99. The third-order valence-corrected chi connectivity index (χ3v) is 3.55. The Morgan fingerprint density at radius 1 is 1.44 bits per heavy atom. The normalized spacial score (nSPS) is 22.0. The number of nitrogens with zero attached hydrogens (tertiary/aromatic N) is 1. The van der Waals surface area contributed by atoms with Gasteiger partial charge in [0.05, 0.1) is 12.6 Å². The molecule has 0 bridgehead atoms. The molecule has 18 heavy (non-hydrogen) atoms. The number of benzene rings is 1. The van der Waals surface area contributed by atoms with Crippen LogP contribution >= 0.6 is 0 Å². The van der Waals surface area contributed by atoms with Crippen LogP contribution in [0.15, 0.2) is 24.3 Å². The topological polar surface area (TPSA) is 60.8 Å². The Bertz CT molecular complexity index is 414. The number of aliphatic hydroxyl groups is 1. The van der Waals surface area contributed by atoms with E-state index in [1.54, 1.807) is 19.1 Å². The Kier molecular flexibility index (Phi) is 3.99. The van der Waals surface area contributed by atoms with Gasteiger partial charge < -0.3 is 10.2 Å². The summed E-state index contributed by atoms with van der Waals surface area (Å²) in [5, 5.41) is 18.7. The maximum Gasteiger partial charge on any atom is 0.176 e. The number of Topliss-reactive ketones (excluding diaryl/α,β-unsaturated/α-hetero) is 1. The molecule has 2 rings (SSSR count). The highest BCUT2D eigenvalue weighted by Crippen LogP contribution is 2.20. The zero-order valence-electron chi connectivity index (χ0n) is 10.5. The van der Waals surface area contributed by atoms with Crippen molar-refractivity contribution in [3.8, 4) is 5.75 Å². The molecule has 2 N–H and O–H groups in total. The van der Waals surface area contributed by atoms with Gasteiger partial charge in [0.1, 0.15) is 5.75 Å². The smallest absolute Gasteiger partial charge is 0.176 e. The number of likely N-dealkylation sites (tertiary alicyclic amines) is 1. The lowest BCUT2D eigenvalue weighted by Crippen LogP contribution is -2.29. The summed E-state index contributed by atoms with van der Waals surface area (Å²) >= 11 is 0. The van der Waals surface area contributed by atoms with Crippen molar-refractivity contribution in [1.29, 1.82) is 0 Å². The number of aliphatic hydroxyl groups excluding tert-OH is 1. The molecule has 0 spiro atoms. The van der Waals surface area contributed by atoms with Crippen LogP contribution in [-0.4, -0.2) is 46.6 Å². The Morgan fingerprint density at radius 3 is 2.67 bits per heavy atom. The van der Waals surface area contributed by atoms with Crippen LogP contribution in [0.25, 0.3) is 0 Å². The lowest BCUT2D eigenvalue weighted by atomic mass is 10.0. The van der Waals surface area contributed by atoms with Gasteiger partial charge in [-0.3, -0.25) is 9.69 Å². The van der Waals surface area contributed by atoms with Crippen LogP contribution in [0.3, 0.4) is 0 Å². The van der Waals surface area contributed by atoms with Crippen LogP contribution in [-0.2, 0) is 0 Å². The van der Waals surface area contributed by atoms with Gasteiger partial charge in [-0.25, -0.2) is 0 Å². The van der Waals surface area contributed by atoms with E-state index in [1.807, 2.05) is 0 Å². The van der Waals surface area contributed by atoms with Crippen LogP contribution in [0.5, 0.6) is 5.75 Å². The molecule has 1 aromatic carbocycles. The molecule has 4 heteroatoms. The third kappa shape index (κ3) is 3.09. The van der Waals surface area contributed by atoms with E-state index in [1.165, 1.54) is 12.1 Å². The van der Waals surface area contributed by atoms with Crippen LogP contribution in [0, 0.1) is 5.92 Å². The molecule has 0 radical (unpaired) electrons. The van der Waals surface area contributed by atoms with Gasteiger partial charge in [0, 0.05) is 12.1 Å². The number of phenols is 1. The zero-order chi connectivity index (χ0) is 13.1. The molecule has 1 fully saturated rings. The Labute approximate surface area is 107 Å². The van der Waals surface area contributed by atoms with E-state index in [0.29, 0.717) is 12.1 Å². The van der Waals surface area contributed by atoms with E-state index >= 15 is 0 Å². The highest BCUT2D eigenvalue weighted by Gasteiger charge is 2.27. The second kappa shape index (κ2) is 5.50. The van der Waals surface area contributed by atoms with Crippen LogP contribution in [0.1, 0.15) is 23.7 Å². The molecule has 1 aromatic rings. The minimum absolute atomic E-state index is 0.0567. The van der Waals surface area contributed by atoms with Gasteiger partial charge >= 0.3 is 0 Å². The molecule has 2 unspecified atom stereocenters. The number of hydrogen-bond donors (Lipinski definition) is 2. The van der Waals surface area contributed by atoms with Crippen LogP contribution in [0.2, 0.25) is 0 Å². The number of aromatic hydroxyl groups is 1. The number of phenolic OH excluding ortho intramolecular Hbond substituents is 1. The van der Waals surface area contributed by atoms with Gasteiger partial charge in [0.15, 0.2) is 5.78 Å². The molecule has 1 saturated heterocycles. The van der Waals surface area contributed by atoms with Crippen molar-refractivity contribution in [2.75, 3.05) is 19.6 Å². The van der Waals surface area contributed by atoms with E-state index in [-0.39, 0.29) is 23.6 Å². The van der Waals surface area contributed by atoms with Crippen molar-refractivity contribution in [2.24, 2.45) is 5.92 Å². The summed E-state index contributed by atoms with van der Waals surface area (Å²) < 4.78 is 0. The number of carbonyl (C=O) groups is 1. The van der Waals surface area contributed by atoms with Crippen LogP contribution < -0.4 is 0 Å². The summed E-state index contributed by atoms with van der Waals surface area (Å²) in [6.45, 7) is 3.82. The minimum atomic E-state index is -0.307. The highest BCUT2D eigenvalue weighted by molar-refractivity contribution is 5.97. The van der Waals surface area contributed by atoms with Crippen molar-refractivity contribution in [1.82, 2.24) is 4.90 Å². The average Bonchev–Trinajstić information content (AvgIpc) is 2.78. The largest absolute Gasteiger partial charge is 0.508 e. The molecule has 98 valence electrons. The molecule has 0 aliphatic carbocycles.